The SMILES string of the molecule is c1ccc2c(c1)oc1cccc(-n3c4ccc(-n5c6ccccc6c6ccccc65)cc4c4cccc(-n5c6ccccc6c6ccccc65)c43)c12. The highest BCUT2D eigenvalue weighted by Gasteiger charge is 2.23. The van der Waals surface area contributed by atoms with Gasteiger partial charge in [0.25, 0.3) is 0 Å². The van der Waals surface area contributed by atoms with Crippen molar-refractivity contribution >= 4 is 87.4 Å². The van der Waals surface area contributed by atoms with E-state index in [1.165, 1.54) is 54.4 Å². The molecule has 52 heavy (non-hydrogen) atoms. The van der Waals surface area contributed by atoms with Gasteiger partial charge in [-0.15, -0.1) is 0 Å². The summed E-state index contributed by atoms with van der Waals surface area (Å²) in [6.45, 7) is 0. The molecule has 0 radical (unpaired) electrons. The number of furan rings is 1. The molecule has 4 nitrogen and oxygen atoms in total. The van der Waals surface area contributed by atoms with E-state index in [1.807, 2.05) is 6.07 Å². The van der Waals surface area contributed by atoms with Crippen molar-refractivity contribution in [3.05, 3.63) is 176 Å². The van der Waals surface area contributed by atoms with E-state index in [9.17, 15) is 0 Å². The predicted octanol–water partition coefficient (Wildman–Crippen LogP) is 12.9. The lowest BCUT2D eigenvalue weighted by Gasteiger charge is -2.15. The van der Waals surface area contributed by atoms with Gasteiger partial charge in [0.05, 0.1) is 49.9 Å². The van der Waals surface area contributed by atoms with Gasteiger partial charge >= 0.3 is 0 Å². The molecule has 0 spiro atoms. The van der Waals surface area contributed by atoms with Crippen molar-refractivity contribution in [2.24, 2.45) is 0 Å². The molecule has 0 saturated heterocycles. The number of nitrogens with zero attached hydrogens (tertiary/aromatic N) is 3. The second-order valence-electron chi connectivity index (χ2n) is 13.7. The summed E-state index contributed by atoms with van der Waals surface area (Å²) in [5, 5.41) is 9.62. The lowest BCUT2D eigenvalue weighted by Crippen LogP contribution is -2.01. The van der Waals surface area contributed by atoms with Crippen LogP contribution in [0.3, 0.4) is 0 Å². The average Bonchev–Trinajstić information content (AvgIpc) is 3.94. The third-order valence-corrected chi connectivity index (χ3v) is 11.0. The van der Waals surface area contributed by atoms with Crippen LogP contribution in [-0.2, 0) is 0 Å². The zero-order chi connectivity index (χ0) is 33.9. The Labute approximate surface area is 297 Å². The molecular formula is C48H29N3O. The Hall–Kier alpha value is -7.04. The number of benzene rings is 8. The van der Waals surface area contributed by atoms with Crippen LogP contribution in [0.5, 0.6) is 0 Å². The number of fused-ring (bicyclic) bond motifs is 12. The molecule has 0 atom stereocenters. The van der Waals surface area contributed by atoms with Gasteiger partial charge in [0.1, 0.15) is 11.2 Å². The fourth-order valence-corrected chi connectivity index (χ4v) is 8.93. The van der Waals surface area contributed by atoms with Crippen LogP contribution < -0.4 is 0 Å². The molecule has 0 N–H and O–H groups in total. The van der Waals surface area contributed by atoms with Crippen LogP contribution in [-0.4, -0.2) is 13.7 Å². The minimum Gasteiger partial charge on any atom is -0.456 e. The van der Waals surface area contributed by atoms with Gasteiger partial charge in [-0.05, 0) is 66.7 Å². The van der Waals surface area contributed by atoms with Crippen molar-refractivity contribution in [3.8, 4) is 17.1 Å². The number of hydrogen-bond donors (Lipinski definition) is 0. The monoisotopic (exact) mass is 663 g/mol. The zero-order valence-electron chi connectivity index (χ0n) is 28.0. The van der Waals surface area contributed by atoms with Crippen molar-refractivity contribution in [2.45, 2.75) is 0 Å². The van der Waals surface area contributed by atoms with E-state index >= 15 is 0 Å². The Morgan fingerprint density at radius 3 is 1.44 bits per heavy atom. The first kappa shape index (κ1) is 27.7. The van der Waals surface area contributed by atoms with Crippen LogP contribution in [0.2, 0.25) is 0 Å². The van der Waals surface area contributed by atoms with Crippen molar-refractivity contribution in [3.63, 3.8) is 0 Å². The number of hydrogen-bond acceptors (Lipinski definition) is 1. The van der Waals surface area contributed by atoms with Gasteiger partial charge in [-0.25, -0.2) is 0 Å². The highest BCUT2D eigenvalue weighted by Crippen LogP contribution is 2.43. The third kappa shape index (κ3) is 3.60. The van der Waals surface area contributed by atoms with Gasteiger partial charge in [-0.3, -0.25) is 0 Å². The van der Waals surface area contributed by atoms with Gasteiger partial charge < -0.3 is 18.1 Å². The van der Waals surface area contributed by atoms with Gasteiger partial charge in [0.2, 0.25) is 0 Å². The lowest BCUT2D eigenvalue weighted by molar-refractivity contribution is 0.669. The maximum absolute atomic E-state index is 6.46. The number of rotatable bonds is 3. The quantitative estimate of drug-likeness (QED) is 0.185. The first-order valence-corrected chi connectivity index (χ1v) is 17.8. The molecule has 0 aliphatic rings. The molecule has 8 aromatic carbocycles. The van der Waals surface area contributed by atoms with Gasteiger partial charge in [-0.1, -0.05) is 109 Å². The van der Waals surface area contributed by atoms with E-state index in [0.29, 0.717) is 0 Å². The van der Waals surface area contributed by atoms with Crippen molar-refractivity contribution in [2.75, 3.05) is 0 Å². The summed E-state index contributed by atoms with van der Waals surface area (Å²) >= 11 is 0. The largest absolute Gasteiger partial charge is 0.456 e. The maximum Gasteiger partial charge on any atom is 0.137 e. The van der Waals surface area contributed by atoms with Crippen molar-refractivity contribution in [1.29, 1.82) is 0 Å². The van der Waals surface area contributed by atoms with Gasteiger partial charge in [0, 0.05) is 43.4 Å². The minimum absolute atomic E-state index is 0.880. The predicted molar refractivity (Wildman–Crippen MR) is 217 cm³/mol. The van der Waals surface area contributed by atoms with E-state index < -0.39 is 0 Å². The van der Waals surface area contributed by atoms with Crippen molar-refractivity contribution in [1.82, 2.24) is 13.7 Å². The zero-order valence-corrected chi connectivity index (χ0v) is 28.0. The Kier molecular flexibility index (Phi) is 5.47. The van der Waals surface area contributed by atoms with Crippen LogP contribution in [0.1, 0.15) is 0 Å². The van der Waals surface area contributed by atoms with Crippen LogP contribution >= 0.6 is 0 Å². The molecule has 4 aromatic heterocycles. The number of para-hydroxylation sites is 6. The van der Waals surface area contributed by atoms with Crippen LogP contribution in [0, 0.1) is 0 Å². The highest BCUT2D eigenvalue weighted by atomic mass is 16.3. The second kappa shape index (κ2) is 10.3. The third-order valence-electron chi connectivity index (χ3n) is 11.0. The Balaban J connectivity index is 1.26. The van der Waals surface area contributed by atoms with Crippen LogP contribution in [0.15, 0.2) is 180 Å². The molecule has 0 aliphatic carbocycles. The first-order valence-electron chi connectivity index (χ1n) is 17.8. The van der Waals surface area contributed by atoms with E-state index in [2.05, 4.69) is 184 Å². The summed E-state index contributed by atoms with van der Waals surface area (Å²) < 4.78 is 13.8. The average molecular weight is 664 g/mol. The topological polar surface area (TPSA) is 27.9 Å². The smallest absolute Gasteiger partial charge is 0.137 e. The second-order valence-corrected chi connectivity index (χ2v) is 13.7. The maximum atomic E-state index is 6.46. The Bertz CT molecular complexity index is 3320. The molecule has 0 fully saturated rings. The summed E-state index contributed by atoms with van der Waals surface area (Å²) in [5.41, 5.74) is 12.2. The molecule has 0 amide bonds. The summed E-state index contributed by atoms with van der Waals surface area (Å²) in [6, 6.07) is 63.5. The van der Waals surface area contributed by atoms with Crippen LogP contribution in [0.4, 0.5) is 0 Å². The molecule has 12 rings (SSSR count). The molecule has 242 valence electrons. The summed E-state index contributed by atoms with van der Waals surface area (Å²) in [5.74, 6) is 0. The fraction of sp³-hybridized carbons (Fsp3) is 0. The summed E-state index contributed by atoms with van der Waals surface area (Å²) in [7, 11) is 0. The van der Waals surface area contributed by atoms with E-state index in [0.717, 1.165) is 50.0 Å². The molecule has 4 heteroatoms. The molecule has 0 bridgehead atoms. The Morgan fingerprint density at radius 2 is 0.788 bits per heavy atom. The van der Waals surface area contributed by atoms with Gasteiger partial charge in [0.15, 0.2) is 0 Å². The van der Waals surface area contributed by atoms with Crippen LogP contribution in [0.25, 0.3) is 104 Å². The summed E-state index contributed by atoms with van der Waals surface area (Å²) in [4.78, 5) is 0. The molecule has 12 aromatic rings. The molecule has 0 aliphatic heterocycles. The fourth-order valence-electron chi connectivity index (χ4n) is 8.93. The molecule has 0 unspecified atom stereocenters. The number of aromatic nitrogens is 3. The van der Waals surface area contributed by atoms with E-state index in [-0.39, 0.29) is 0 Å². The van der Waals surface area contributed by atoms with Crippen molar-refractivity contribution < 1.29 is 4.42 Å². The van der Waals surface area contributed by atoms with Gasteiger partial charge in [-0.2, -0.15) is 0 Å². The molecular weight excluding hydrogens is 635 g/mol. The summed E-state index contributed by atoms with van der Waals surface area (Å²) in [6.07, 6.45) is 0. The van der Waals surface area contributed by atoms with E-state index in [4.69, 9.17) is 4.42 Å². The molecule has 0 saturated carbocycles. The Morgan fingerprint density at radius 1 is 0.308 bits per heavy atom. The van der Waals surface area contributed by atoms with E-state index in [1.54, 1.807) is 0 Å². The standard InChI is InChI=1S/C48H29N3O/c1-6-19-38-31(13-1)32-14-2-7-20-39(32)49(38)30-27-28-42-37(29-30)35-18-11-24-44(50-40-21-8-3-15-33(40)34-16-4-9-22-41(34)50)48(35)51(42)43-23-12-26-46-47(43)36-17-5-10-25-45(36)52-46/h1-29H. The first-order chi connectivity index (χ1) is 25.8. The lowest BCUT2D eigenvalue weighted by atomic mass is 10.1. The highest BCUT2D eigenvalue weighted by molar-refractivity contribution is 6.18. The minimum atomic E-state index is 0.880. The molecule has 4 heterocycles. The normalized spacial score (nSPS) is 12.2.